The van der Waals surface area contributed by atoms with E-state index in [0.29, 0.717) is 0 Å². The molecule has 1 aliphatic carbocycles. The molecule has 2 aromatic carbocycles. The summed E-state index contributed by atoms with van der Waals surface area (Å²) in [5.41, 5.74) is 2.55. The Labute approximate surface area is 136 Å². The topological polar surface area (TPSA) is 54.4 Å². The van der Waals surface area contributed by atoms with Crippen LogP contribution >= 0.6 is 0 Å². The zero-order chi connectivity index (χ0) is 12.8. The summed E-state index contributed by atoms with van der Waals surface area (Å²) >= 11 is 0. The van der Waals surface area contributed by atoms with E-state index >= 15 is 0 Å². The number of fused-ring (bicyclic) bond motifs is 3. The van der Waals surface area contributed by atoms with Gasteiger partial charge in [0, 0.05) is 0 Å². The molecule has 0 atom stereocenters. The van der Waals surface area contributed by atoms with Crippen LogP contribution in [0.2, 0.25) is 0 Å². The van der Waals surface area contributed by atoms with Crippen molar-refractivity contribution in [3.63, 3.8) is 0 Å². The summed E-state index contributed by atoms with van der Waals surface area (Å²) in [4.78, 5) is -0.0195. The minimum absolute atomic E-state index is 0. The van der Waals surface area contributed by atoms with Gasteiger partial charge in [-0.2, -0.15) is 8.42 Å². The van der Waals surface area contributed by atoms with Crippen LogP contribution in [-0.4, -0.2) is 13.0 Å². The molecule has 3 nitrogen and oxygen atoms in total. The first kappa shape index (κ1) is 15.0. The van der Waals surface area contributed by atoms with Crippen LogP contribution in [-0.2, 0) is 23.0 Å². The molecule has 1 N–H and O–H groups in total. The van der Waals surface area contributed by atoms with E-state index in [-0.39, 0.29) is 35.9 Å². The Balaban J connectivity index is 0.000001000. The van der Waals surface area contributed by atoms with Gasteiger partial charge in [-0.05, 0) is 59.7 Å². The van der Waals surface area contributed by atoms with Gasteiger partial charge in [-0.25, -0.2) is 0 Å². The van der Waals surface area contributed by atoms with E-state index in [1.807, 2.05) is 6.07 Å². The number of hydrogen-bond acceptors (Lipinski definition) is 2. The van der Waals surface area contributed by atoms with E-state index in [4.69, 9.17) is 4.55 Å². The minimum Gasteiger partial charge on any atom is -1.00 e. The molecule has 2 aromatic rings. The fourth-order valence-electron chi connectivity index (χ4n) is 2.71. The molecule has 5 heteroatoms. The summed E-state index contributed by atoms with van der Waals surface area (Å²) in [6.45, 7) is 0. The Morgan fingerprint density at radius 2 is 1.74 bits per heavy atom. The van der Waals surface area contributed by atoms with Crippen molar-refractivity contribution in [1.82, 2.24) is 0 Å². The molecule has 0 heterocycles. The smallest absolute Gasteiger partial charge is 1.00 e. The molecule has 19 heavy (non-hydrogen) atoms. The summed E-state index contributed by atoms with van der Waals surface area (Å²) in [5.74, 6) is 0. The molecule has 0 aliphatic heterocycles. The zero-order valence-corrected chi connectivity index (χ0v) is 13.7. The fraction of sp³-hybridized carbons (Fsp3) is 0.286. The monoisotopic (exact) mass is 286 g/mol. The van der Waals surface area contributed by atoms with E-state index in [0.717, 1.165) is 30.0 Å². The zero-order valence-electron chi connectivity index (χ0n) is 11.9. The molecule has 1 aliphatic rings. The van der Waals surface area contributed by atoms with Gasteiger partial charge in [0.1, 0.15) is 0 Å². The van der Waals surface area contributed by atoms with Gasteiger partial charge in [0.15, 0.2) is 0 Å². The maximum Gasteiger partial charge on any atom is 1.00 e. The van der Waals surface area contributed by atoms with Crippen LogP contribution in [0.5, 0.6) is 0 Å². The maximum absolute atomic E-state index is 11.2. The van der Waals surface area contributed by atoms with Gasteiger partial charge in [0.05, 0.1) is 4.90 Å². The summed E-state index contributed by atoms with van der Waals surface area (Å²) in [6.07, 6.45) is 4.38. The quantitative estimate of drug-likeness (QED) is 0.597. The Hall–Kier alpha value is -0.390. The average Bonchev–Trinajstić information content (AvgIpc) is 2.37. The van der Waals surface area contributed by atoms with Crippen molar-refractivity contribution in [3.05, 3.63) is 41.5 Å². The minimum atomic E-state index is -4.12. The molecule has 0 fully saturated rings. The van der Waals surface area contributed by atoms with Crippen LogP contribution in [0, 0.1) is 0 Å². The van der Waals surface area contributed by atoms with E-state index in [1.54, 1.807) is 12.1 Å². The Morgan fingerprint density at radius 3 is 2.47 bits per heavy atom. The third kappa shape index (κ3) is 2.88. The van der Waals surface area contributed by atoms with Crippen LogP contribution in [0.3, 0.4) is 0 Å². The van der Waals surface area contributed by atoms with Crippen molar-refractivity contribution in [3.8, 4) is 0 Å². The number of rotatable bonds is 1. The van der Waals surface area contributed by atoms with Crippen molar-refractivity contribution >= 4 is 20.9 Å². The summed E-state index contributed by atoms with van der Waals surface area (Å²) in [5, 5.41) is 1.99. The van der Waals surface area contributed by atoms with Gasteiger partial charge in [0.2, 0.25) is 0 Å². The predicted molar refractivity (Wildman–Crippen MR) is 71.5 cm³/mol. The Kier molecular flexibility index (Phi) is 4.38. The predicted octanol–water partition coefficient (Wildman–Crippen LogP) is 0.0818. The normalized spacial score (nSPS) is 14.8. The van der Waals surface area contributed by atoms with Crippen LogP contribution in [0.4, 0.5) is 0 Å². The molecule has 0 spiro atoms. The summed E-state index contributed by atoms with van der Waals surface area (Å²) in [7, 11) is -4.12. The van der Waals surface area contributed by atoms with Crippen molar-refractivity contribution in [2.45, 2.75) is 30.6 Å². The second-order valence-electron chi connectivity index (χ2n) is 4.77. The Morgan fingerprint density at radius 1 is 1.05 bits per heavy atom. The average molecular weight is 286 g/mol. The summed E-state index contributed by atoms with van der Waals surface area (Å²) in [6, 6.07) is 8.95. The van der Waals surface area contributed by atoms with Gasteiger partial charge >= 0.3 is 29.6 Å². The van der Waals surface area contributed by atoms with Crippen molar-refractivity contribution in [2.24, 2.45) is 0 Å². The molecule has 0 unspecified atom stereocenters. The van der Waals surface area contributed by atoms with Crippen LogP contribution < -0.4 is 29.6 Å². The fourth-order valence-corrected chi connectivity index (χ4v) is 3.22. The van der Waals surface area contributed by atoms with Gasteiger partial charge in [-0.15, -0.1) is 0 Å². The maximum atomic E-state index is 11.2. The van der Waals surface area contributed by atoms with Gasteiger partial charge < -0.3 is 1.43 Å². The third-order valence-corrected chi connectivity index (χ3v) is 4.47. The molecule has 0 saturated heterocycles. The van der Waals surface area contributed by atoms with Crippen molar-refractivity contribution < 1.29 is 44.0 Å². The third-order valence-electron chi connectivity index (χ3n) is 3.62. The molecule has 0 saturated carbocycles. The van der Waals surface area contributed by atoms with Crippen molar-refractivity contribution in [1.29, 1.82) is 0 Å². The first-order chi connectivity index (χ1) is 8.55. The molecular weight excluding hydrogens is 271 g/mol. The van der Waals surface area contributed by atoms with E-state index in [2.05, 4.69) is 6.07 Å². The largest absolute Gasteiger partial charge is 1.00 e. The van der Waals surface area contributed by atoms with E-state index in [9.17, 15) is 8.42 Å². The van der Waals surface area contributed by atoms with Crippen LogP contribution in [0.1, 0.15) is 25.4 Å². The number of aryl methyl sites for hydroxylation is 2. The number of hydrogen-bond donors (Lipinski definition) is 1. The standard InChI is InChI=1S/C14H14O3S.Na.H/c15-18(16,17)12-8-7-11-6-5-10-3-1-2-4-13(10)14(11)9-12;;/h5-9H,1-4H2,(H,15,16,17);;/q;+1;-1. The molecule has 0 radical (unpaired) electrons. The Bertz CT molecular complexity index is 729. The number of benzene rings is 2. The SMILES string of the molecule is O=S(=O)(O)c1ccc2ccc3c(c2c1)CCCC3.[H-].[Na+]. The first-order valence-electron chi connectivity index (χ1n) is 6.08. The molecular formula is C14H15NaO3S. The van der Waals surface area contributed by atoms with Gasteiger partial charge in [0.25, 0.3) is 10.1 Å². The van der Waals surface area contributed by atoms with Crippen LogP contribution in [0.15, 0.2) is 35.2 Å². The van der Waals surface area contributed by atoms with Gasteiger partial charge in [-0.3, -0.25) is 4.55 Å². The molecule has 0 aromatic heterocycles. The first-order valence-corrected chi connectivity index (χ1v) is 7.52. The van der Waals surface area contributed by atoms with E-state index in [1.165, 1.54) is 23.6 Å². The second kappa shape index (κ2) is 5.54. The van der Waals surface area contributed by atoms with Crippen molar-refractivity contribution in [2.75, 3.05) is 0 Å². The molecule has 96 valence electrons. The molecule has 0 bridgehead atoms. The summed E-state index contributed by atoms with van der Waals surface area (Å²) < 4.78 is 31.5. The molecule has 3 rings (SSSR count). The van der Waals surface area contributed by atoms with E-state index < -0.39 is 10.1 Å². The van der Waals surface area contributed by atoms with Gasteiger partial charge in [-0.1, -0.05) is 18.2 Å². The van der Waals surface area contributed by atoms with Crippen LogP contribution in [0.25, 0.3) is 10.8 Å². The second-order valence-corrected chi connectivity index (χ2v) is 6.19. The molecule has 0 amide bonds.